The smallest absolute Gasteiger partial charge is 0.303 e. The Bertz CT molecular complexity index is 230. The highest BCUT2D eigenvalue weighted by Gasteiger charge is 2.20. The molecule has 5 heteroatoms. The lowest BCUT2D eigenvalue weighted by Gasteiger charge is -2.12. The minimum absolute atomic E-state index is 0.0789. The van der Waals surface area contributed by atoms with Crippen molar-refractivity contribution in [2.45, 2.75) is 25.3 Å². The molecule has 1 aliphatic heterocycles. The Hall–Kier alpha value is -1.10. The van der Waals surface area contributed by atoms with Crippen LogP contribution < -0.4 is 5.32 Å². The molecule has 0 aliphatic carbocycles. The Morgan fingerprint density at radius 1 is 1.50 bits per heavy atom. The van der Waals surface area contributed by atoms with Gasteiger partial charge in [0.15, 0.2) is 0 Å². The zero-order valence-corrected chi connectivity index (χ0v) is 8.32. The van der Waals surface area contributed by atoms with Crippen LogP contribution >= 0.6 is 0 Å². The summed E-state index contributed by atoms with van der Waals surface area (Å²) in [5, 5.41) is 11.2. The van der Waals surface area contributed by atoms with Gasteiger partial charge < -0.3 is 15.3 Å². The van der Waals surface area contributed by atoms with Gasteiger partial charge in [-0.3, -0.25) is 9.59 Å². The normalized spacial score (nSPS) is 22.2. The van der Waals surface area contributed by atoms with E-state index in [4.69, 9.17) is 5.11 Å². The summed E-state index contributed by atoms with van der Waals surface area (Å²) in [5.74, 6) is -1.09. The van der Waals surface area contributed by atoms with Crippen LogP contribution in [0.15, 0.2) is 0 Å². The van der Waals surface area contributed by atoms with Gasteiger partial charge in [0, 0.05) is 19.0 Å². The minimum Gasteiger partial charge on any atom is -0.481 e. The number of carbonyl (C=O) groups is 2. The number of nitrogens with one attached hydrogen (secondary N) is 1. The van der Waals surface area contributed by atoms with Crippen LogP contribution in [0.25, 0.3) is 0 Å². The van der Waals surface area contributed by atoms with E-state index < -0.39 is 5.97 Å². The molecule has 80 valence electrons. The Morgan fingerprint density at radius 2 is 2.21 bits per heavy atom. The van der Waals surface area contributed by atoms with Gasteiger partial charge in [0.2, 0.25) is 5.91 Å². The zero-order valence-electron chi connectivity index (χ0n) is 8.32. The van der Waals surface area contributed by atoms with Crippen molar-refractivity contribution in [2.24, 2.45) is 0 Å². The van der Waals surface area contributed by atoms with E-state index in [-0.39, 0.29) is 24.8 Å². The number of nitrogens with zero attached hydrogens (tertiary/aromatic N) is 1. The number of carboxylic acids is 1. The molecule has 1 amide bonds. The average molecular weight is 200 g/mol. The number of rotatable bonds is 4. The van der Waals surface area contributed by atoms with Gasteiger partial charge in [-0.1, -0.05) is 0 Å². The molecule has 0 aromatic carbocycles. The predicted molar refractivity (Wildman–Crippen MR) is 50.9 cm³/mol. The van der Waals surface area contributed by atoms with Crippen molar-refractivity contribution >= 4 is 11.9 Å². The molecule has 2 N–H and O–H groups in total. The lowest BCUT2D eigenvalue weighted by molar-refractivity contribution is -0.138. The summed E-state index contributed by atoms with van der Waals surface area (Å²) in [7, 11) is 2.00. The molecule has 1 saturated heterocycles. The molecule has 1 rings (SSSR count). The van der Waals surface area contributed by atoms with E-state index in [1.807, 2.05) is 7.05 Å². The summed E-state index contributed by atoms with van der Waals surface area (Å²) in [6, 6.07) is 0.196. The molecule has 0 bridgehead atoms. The largest absolute Gasteiger partial charge is 0.481 e. The Balaban J connectivity index is 2.17. The highest BCUT2D eigenvalue weighted by atomic mass is 16.4. The van der Waals surface area contributed by atoms with Crippen molar-refractivity contribution in [3.05, 3.63) is 0 Å². The van der Waals surface area contributed by atoms with E-state index in [2.05, 4.69) is 10.2 Å². The molecule has 5 nitrogen and oxygen atoms in total. The fraction of sp³-hybridized carbons (Fsp3) is 0.778. The van der Waals surface area contributed by atoms with Crippen LogP contribution in [0.1, 0.15) is 19.3 Å². The lowest BCUT2D eigenvalue weighted by Crippen LogP contribution is -2.36. The van der Waals surface area contributed by atoms with Gasteiger partial charge in [-0.2, -0.15) is 0 Å². The molecule has 1 aliphatic rings. The number of likely N-dealkylation sites (N-methyl/N-ethyl adjacent to an activating group) is 1. The first-order valence-electron chi connectivity index (χ1n) is 4.77. The van der Waals surface area contributed by atoms with Gasteiger partial charge >= 0.3 is 5.97 Å². The number of amides is 1. The van der Waals surface area contributed by atoms with Crippen molar-refractivity contribution < 1.29 is 14.7 Å². The van der Waals surface area contributed by atoms with Gasteiger partial charge in [-0.15, -0.1) is 0 Å². The minimum atomic E-state index is -0.927. The molecule has 14 heavy (non-hydrogen) atoms. The second-order valence-electron chi connectivity index (χ2n) is 3.71. The number of carboxylic acid groups (broad SMARTS) is 1. The maximum atomic E-state index is 11.2. The van der Waals surface area contributed by atoms with Crippen molar-refractivity contribution in [3.63, 3.8) is 0 Å². The maximum Gasteiger partial charge on any atom is 0.303 e. The number of carbonyl (C=O) groups excluding carboxylic acids is 1. The molecule has 1 fully saturated rings. The summed E-state index contributed by atoms with van der Waals surface area (Å²) in [4.78, 5) is 23.6. The summed E-state index contributed by atoms with van der Waals surface area (Å²) in [6.45, 7) is 1.85. The van der Waals surface area contributed by atoms with Crippen LogP contribution in [0.5, 0.6) is 0 Å². The lowest BCUT2D eigenvalue weighted by atomic mass is 10.2. The number of likely N-dealkylation sites (tertiary alicyclic amines) is 1. The Morgan fingerprint density at radius 3 is 2.71 bits per heavy atom. The standard InChI is InChI=1S/C9H16N2O3/c1-11-5-4-7(6-11)10-8(12)2-3-9(13)14/h7H,2-6H2,1H3,(H,10,12)(H,13,14). The van der Waals surface area contributed by atoms with Crippen molar-refractivity contribution in [2.75, 3.05) is 20.1 Å². The monoisotopic (exact) mass is 200 g/mol. The van der Waals surface area contributed by atoms with E-state index in [1.54, 1.807) is 0 Å². The third-order valence-corrected chi connectivity index (χ3v) is 2.32. The van der Waals surface area contributed by atoms with Gasteiger partial charge in [0.05, 0.1) is 6.42 Å². The van der Waals surface area contributed by atoms with Crippen LogP contribution in [-0.2, 0) is 9.59 Å². The topological polar surface area (TPSA) is 69.6 Å². The summed E-state index contributed by atoms with van der Waals surface area (Å²) < 4.78 is 0. The summed E-state index contributed by atoms with van der Waals surface area (Å²) in [6.07, 6.45) is 0.944. The predicted octanol–water partition coefficient (Wildman–Crippen LogP) is -0.328. The van der Waals surface area contributed by atoms with Gasteiger partial charge in [0.25, 0.3) is 0 Å². The number of hydrogen-bond donors (Lipinski definition) is 2. The highest BCUT2D eigenvalue weighted by Crippen LogP contribution is 2.06. The van der Waals surface area contributed by atoms with Crippen LogP contribution in [0.3, 0.4) is 0 Å². The second kappa shape index (κ2) is 4.95. The van der Waals surface area contributed by atoms with E-state index >= 15 is 0 Å². The zero-order chi connectivity index (χ0) is 10.6. The first-order valence-corrected chi connectivity index (χ1v) is 4.77. The molecular weight excluding hydrogens is 184 g/mol. The van der Waals surface area contributed by atoms with E-state index in [0.717, 1.165) is 19.5 Å². The van der Waals surface area contributed by atoms with Crippen molar-refractivity contribution in [1.29, 1.82) is 0 Å². The van der Waals surface area contributed by atoms with Crippen LogP contribution in [0.4, 0.5) is 0 Å². The maximum absolute atomic E-state index is 11.2. The molecule has 1 atom stereocenters. The SMILES string of the molecule is CN1CCC(NC(=O)CCC(=O)O)C1. The first kappa shape index (κ1) is 11.0. The fourth-order valence-corrected chi connectivity index (χ4v) is 1.57. The molecule has 0 spiro atoms. The average Bonchev–Trinajstić information content (AvgIpc) is 2.48. The molecule has 1 heterocycles. The number of aliphatic carboxylic acids is 1. The van der Waals surface area contributed by atoms with Gasteiger partial charge in [-0.25, -0.2) is 0 Å². The van der Waals surface area contributed by atoms with Crippen LogP contribution in [0, 0.1) is 0 Å². The molecule has 0 aromatic heterocycles. The molecular formula is C9H16N2O3. The van der Waals surface area contributed by atoms with Crippen molar-refractivity contribution in [1.82, 2.24) is 10.2 Å². The molecule has 0 radical (unpaired) electrons. The molecule has 1 unspecified atom stereocenters. The quantitative estimate of drug-likeness (QED) is 0.652. The Kier molecular flexibility index (Phi) is 3.88. The van der Waals surface area contributed by atoms with Gasteiger partial charge in [0.1, 0.15) is 0 Å². The van der Waals surface area contributed by atoms with Crippen LogP contribution in [-0.4, -0.2) is 48.1 Å². The molecule has 0 saturated carbocycles. The fourth-order valence-electron chi connectivity index (χ4n) is 1.57. The third-order valence-electron chi connectivity index (χ3n) is 2.32. The first-order chi connectivity index (χ1) is 6.58. The second-order valence-corrected chi connectivity index (χ2v) is 3.71. The van der Waals surface area contributed by atoms with Crippen molar-refractivity contribution in [3.8, 4) is 0 Å². The van der Waals surface area contributed by atoms with E-state index in [9.17, 15) is 9.59 Å². The third kappa shape index (κ3) is 3.74. The summed E-state index contributed by atoms with van der Waals surface area (Å²) >= 11 is 0. The highest BCUT2D eigenvalue weighted by molar-refractivity contribution is 5.80. The van der Waals surface area contributed by atoms with Gasteiger partial charge in [-0.05, 0) is 20.0 Å². The number of hydrogen-bond acceptors (Lipinski definition) is 3. The molecule has 0 aromatic rings. The van der Waals surface area contributed by atoms with E-state index in [1.165, 1.54) is 0 Å². The van der Waals surface area contributed by atoms with E-state index in [0.29, 0.717) is 0 Å². The summed E-state index contributed by atoms with van der Waals surface area (Å²) in [5.41, 5.74) is 0. The van der Waals surface area contributed by atoms with Crippen LogP contribution in [0.2, 0.25) is 0 Å². The Labute approximate surface area is 83.1 Å².